The van der Waals surface area contributed by atoms with E-state index < -0.39 is 11.9 Å². The van der Waals surface area contributed by atoms with Crippen LogP contribution in [0.25, 0.3) is 0 Å². The first-order chi connectivity index (χ1) is 12.0. The number of hydrogen-bond acceptors (Lipinski definition) is 5. The molecule has 1 aliphatic heterocycles. The topological polar surface area (TPSA) is 90.7 Å². The summed E-state index contributed by atoms with van der Waals surface area (Å²) in [5, 5.41) is 15.6. The maximum atomic E-state index is 9.55. The number of benzene rings is 1. The van der Waals surface area contributed by atoms with Crippen LogP contribution in [-0.2, 0) is 9.59 Å². The van der Waals surface area contributed by atoms with Gasteiger partial charge in [-0.2, -0.15) is 0 Å². The number of aromatic nitrogens is 1. The van der Waals surface area contributed by atoms with Crippen molar-refractivity contribution in [2.45, 2.75) is 9.79 Å². The summed E-state index contributed by atoms with van der Waals surface area (Å²) in [6, 6.07) is 10.5. The van der Waals surface area contributed by atoms with Crippen LogP contribution in [0.5, 0.6) is 0 Å². The molecular formula is C18H16N2O4S. The summed E-state index contributed by atoms with van der Waals surface area (Å²) in [5.74, 6) is -2.51. The first-order valence-corrected chi connectivity index (χ1v) is 8.08. The van der Waals surface area contributed by atoms with E-state index in [9.17, 15) is 9.59 Å². The lowest BCUT2D eigenvalue weighted by Crippen LogP contribution is -2.20. The zero-order valence-corrected chi connectivity index (χ0v) is 14.0. The van der Waals surface area contributed by atoms with Gasteiger partial charge in [0.05, 0.1) is 16.3 Å². The zero-order valence-electron chi connectivity index (χ0n) is 13.2. The van der Waals surface area contributed by atoms with Crippen molar-refractivity contribution >= 4 is 35.1 Å². The third-order valence-electron chi connectivity index (χ3n) is 3.11. The second-order valence-electron chi connectivity index (χ2n) is 4.82. The summed E-state index contributed by atoms with van der Waals surface area (Å²) < 4.78 is 0. The summed E-state index contributed by atoms with van der Waals surface area (Å²) in [4.78, 5) is 28.0. The molecule has 0 radical (unpaired) electrons. The maximum Gasteiger partial charge on any atom is 0.328 e. The van der Waals surface area contributed by atoms with E-state index in [1.54, 1.807) is 11.8 Å². The second kappa shape index (κ2) is 8.70. The van der Waals surface area contributed by atoms with Crippen molar-refractivity contribution in [3.63, 3.8) is 0 Å². The fourth-order valence-corrected chi connectivity index (χ4v) is 3.22. The fraction of sp³-hybridized carbons (Fsp3) is 0.0556. The average molecular weight is 356 g/mol. The standard InChI is InChI=1S/C14H12N2S.C4H4O4/c1-2-9-16-11-5-3-4-6-13(11)17-14-10-15-8-7-12(14)16;5-3(6)1-2-4(7)8/h2-8,10H,1,9H2;1-2H,(H,5,6)(H,7,8)/b;2-1+. The van der Waals surface area contributed by atoms with Crippen LogP contribution in [0.4, 0.5) is 11.4 Å². The molecular weight excluding hydrogens is 340 g/mol. The molecule has 128 valence electrons. The molecule has 0 spiro atoms. The fourth-order valence-electron chi connectivity index (χ4n) is 2.16. The smallest absolute Gasteiger partial charge is 0.328 e. The highest BCUT2D eigenvalue weighted by atomic mass is 32.2. The second-order valence-corrected chi connectivity index (χ2v) is 5.91. The summed E-state index contributed by atoms with van der Waals surface area (Å²) in [6.45, 7) is 4.65. The molecule has 0 fully saturated rings. The third-order valence-corrected chi connectivity index (χ3v) is 4.21. The Labute approximate surface area is 149 Å². The van der Waals surface area contributed by atoms with Crippen LogP contribution in [0.2, 0.25) is 0 Å². The summed E-state index contributed by atoms with van der Waals surface area (Å²) in [5.41, 5.74) is 2.46. The van der Waals surface area contributed by atoms with E-state index in [1.807, 2.05) is 18.5 Å². The van der Waals surface area contributed by atoms with Crippen LogP contribution < -0.4 is 4.90 Å². The average Bonchev–Trinajstić information content (AvgIpc) is 2.60. The molecule has 2 N–H and O–H groups in total. The summed E-state index contributed by atoms with van der Waals surface area (Å²) in [6.07, 6.45) is 6.80. The maximum absolute atomic E-state index is 9.55. The highest BCUT2D eigenvalue weighted by Crippen LogP contribution is 2.47. The zero-order chi connectivity index (χ0) is 18.2. The van der Waals surface area contributed by atoms with Gasteiger partial charge in [-0.05, 0) is 18.2 Å². The van der Waals surface area contributed by atoms with Gasteiger partial charge in [0, 0.05) is 36.0 Å². The number of fused-ring (bicyclic) bond motifs is 2. The van der Waals surface area contributed by atoms with Crippen molar-refractivity contribution in [2.75, 3.05) is 11.4 Å². The predicted octanol–water partition coefficient (Wildman–Crippen LogP) is 3.58. The number of rotatable bonds is 4. The van der Waals surface area contributed by atoms with Gasteiger partial charge in [0.25, 0.3) is 0 Å². The lowest BCUT2D eigenvalue weighted by Gasteiger charge is -2.31. The number of pyridine rings is 1. The van der Waals surface area contributed by atoms with Gasteiger partial charge in [0.1, 0.15) is 0 Å². The number of nitrogens with zero attached hydrogens (tertiary/aromatic N) is 2. The molecule has 6 nitrogen and oxygen atoms in total. The number of hydrogen-bond donors (Lipinski definition) is 2. The van der Waals surface area contributed by atoms with Crippen molar-refractivity contribution in [1.82, 2.24) is 4.98 Å². The van der Waals surface area contributed by atoms with Crippen LogP contribution in [0.15, 0.2) is 77.3 Å². The SMILES string of the molecule is C=CCN1c2ccccc2Sc2cnccc21.O=C(O)/C=C/C(=O)O. The van der Waals surface area contributed by atoms with Crippen LogP contribution in [0.1, 0.15) is 0 Å². The number of carbonyl (C=O) groups is 2. The highest BCUT2D eigenvalue weighted by molar-refractivity contribution is 7.99. The number of aliphatic carboxylic acids is 2. The molecule has 7 heteroatoms. The molecule has 3 rings (SSSR count). The van der Waals surface area contributed by atoms with E-state index in [0.29, 0.717) is 12.2 Å². The van der Waals surface area contributed by atoms with Crippen molar-refractivity contribution in [1.29, 1.82) is 0 Å². The number of carboxylic acid groups (broad SMARTS) is 2. The Morgan fingerprint density at radius 3 is 2.36 bits per heavy atom. The van der Waals surface area contributed by atoms with E-state index in [-0.39, 0.29) is 0 Å². The molecule has 1 aromatic carbocycles. The first-order valence-electron chi connectivity index (χ1n) is 7.26. The molecule has 0 unspecified atom stereocenters. The molecule has 0 saturated carbocycles. The minimum absolute atomic E-state index is 0.558. The van der Waals surface area contributed by atoms with E-state index in [4.69, 9.17) is 10.2 Å². The van der Waals surface area contributed by atoms with Crippen molar-refractivity contribution < 1.29 is 19.8 Å². The molecule has 25 heavy (non-hydrogen) atoms. The Bertz CT molecular complexity index is 759. The lowest BCUT2D eigenvalue weighted by atomic mass is 10.2. The summed E-state index contributed by atoms with van der Waals surface area (Å²) >= 11 is 1.77. The van der Waals surface area contributed by atoms with Crippen LogP contribution >= 0.6 is 11.8 Å². The van der Waals surface area contributed by atoms with Gasteiger partial charge in [-0.25, -0.2) is 9.59 Å². The normalized spacial score (nSPS) is 11.8. The number of anilines is 2. The lowest BCUT2D eigenvalue weighted by molar-refractivity contribution is -0.134. The molecule has 2 heterocycles. The van der Waals surface area contributed by atoms with Gasteiger partial charge in [-0.3, -0.25) is 4.98 Å². The largest absolute Gasteiger partial charge is 0.478 e. The van der Waals surface area contributed by atoms with Gasteiger partial charge in [-0.1, -0.05) is 30.0 Å². The predicted molar refractivity (Wildman–Crippen MR) is 96.4 cm³/mol. The molecule has 0 bridgehead atoms. The van der Waals surface area contributed by atoms with E-state index in [0.717, 1.165) is 6.54 Å². The van der Waals surface area contributed by atoms with E-state index in [2.05, 4.69) is 46.8 Å². The first kappa shape index (κ1) is 18.3. The van der Waals surface area contributed by atoms with Crippen molar-refractivity contribution in [2.24, 2.45) is 0 Å². The Hall–Kier alpha value is -3.06. The molecule has 1 aliphatic rings. The van der Waals surface area contributed by atoms with Gasteiger partial charge in [-0.15, -0.1) is 6.58 Å². The molecule has 0 amide bonds. The highest BCUT2D eigenvalue weighted by Gasteiger charge is 2.21. The van der Waals surface area contributed by atoms with Gasteiger partial charge in [0.15, 0.2) is 0 Å². The summed E-state index contributed by atoms with van der Waals surface area (Å²) in [7, 11) is 0. The Balaban J connectivity index is 0.000000242. The number of carboxylic acids is 2. The molecule has 1 aromatic heterocycles. The van der Waals surface area contributed by atoms with Crippen LogP contribution in [-0.4, -0.2) is 33.7 Å². The molecule has 0 saturated heterocycles. The number of para-hydroxylation sites is 1. The van der Waals surface area contributed by atoms with E-state index in [1.165, 1.54) is 21.2 Å². The minimum atomic E-state index is -1.26. The molecule has 0 aliphatic carbocycles. The van der Waals surface area contributed by atoms with Gasteiger partial charge < -0.3 is 15.1 Å². The van der Waals surface area contributed by atoms with Gasteiger partial charge >= 0.3 is 11.9 Å². The third kappa shape index (κ3) is 4.95. The quantitative estimate of drug-likeness (QED) is 0.639. The van der Waals surface area contributed by atoms with Crippen LogP contribution in [0.3, 0.4) is 0 Å². The van der Waals surface area contributed by atoms with Crippen LogP contribution in [0, 0.1) is 0 Å². The van der Waals surface area contributed by atoms with Gasteiger partial charge in [0.2, 0.25) is 0 Å². The molecule has 0 atom stereocenters. The van der Waals surface area contributed by atoms with Crippen molar-refractivity contribution in [3.8, 4) is 0 Å². The minimum Gasteiger partial charge on any atom is -0.478 e. The monoisotopic (exact) mass is 356 g/mol. The molecule has 2 aromatic rings. The Morgan fingerprint density at radius 2 is 1.72 bits per heavy atom. The Morgan fingerprint density at radius 1 is 1.08 bits per heavy atom. The Kier molecular flexibility index (Phi) is 6.36. The van der Waals surface area contributed by atoms with Crippen molar-refractivity contribution in [3.05, 3.63) is 67.5 Å². The van der Waals surface area contributed by atoms with E-state index >= 15 is 0 Å².